The highest BCUT2D eigenvalue weighted by atomic mass is 35.5. The molecule has 114 valence electrons. The Hall–Kier alpha value is -1.59. The number of piperidine rings is 1. The third kappa shape index (κ3) is 3.74. The van der Waals surface area contributed by atoms with E-state index in [0.717, 1.165) is 49.2 Å². The van der Waals surface area contributed by atoms with Gasteiger partial charge in [0.1, 0.15) is 0 Å². The van der Waals surface area contributed by atoms with Gasteiger partial charge in [-0.1, -0.05) is 6.42 Å². The van der Waals surface area contributed by atoms with Crippen LogP contribution in [0, 0.1) is 0 Å². The number of carbonyl (C=O) groups excluding carboxylic acids is 2. The van der Waals surface area contributed by atoms with Crippen molar-refractivity contribution < 1.29 is 9.59 Å². The van der Waals surface area contributed by atoms with Gasteiger partial charge in [-0.25, -0.2) is 0 Å². The van der Waals surface area contributed by atoms with Crippen LogP contribution in [-0.4, -0.2) is 24.4 Å². The molecule has 0 aliphatic carbocycles. The minimum absolute atomic E-state index is 0. The molecule has 2 heterocycles. The number of rotatable bonds is 2. The maximum Gasteiger partial charge on any atom is 0.241 e. The summed E-state index contributed by atoms with van der Waals surface area (Å²) in [5.74, 6) is 0.0881. The molecule has 1 fully saturated rings. The largest absolute Gasteiger partial charge is 0.326 e. The predicted molar refractivity (Wildman–Crippen MR) is 84.9 cm³/mol. The van der Waals surface area contributed by atoms with Gasteiger partial charge >= 0.3 is 0 Å². The minimum Gasteiger partial charge on any atom is -0.326 e. The molecule has 0 spiro atoms. The molecule has 21 heavy (non-hydrogen) atoms. The second kappa shape index (κ2) is 6.91. The van der Waals surface area contributed by atoms with E-state index in [9.17, 15) is 9.59 Å². The standard InChI is InChI=1S/C15H19N3O2.ClH/c19-14-7-4-10-9-11(5-6-12(10)18-14)17-15(20)13-3-1-2-8-16-13;/h5-6,9,13,16H,1-4,7-8H2,(H,17,20)(H,18,19);1H/t13-;/m0./s1. The van der Waals surface area contributed by atoms with Crippen molar-refractivity contribution in [3.05, 3.63) is 23.8 Å². The number of benzene rings is 1. The molecule has 0 aromatic heterocycles. The summed E-state index contributed by atoms with van der Waals surface area (Å²) in [6, 6.07) is 5.57. The van der Waals surface area contributed by atoms with E-state index in [-0.39, 0.29) is 30.3 Å². The molecular weight excluding hydrogens is 290 g/mol. The Labute approximate surface area is 130 Å². The van der Waals surface area contributed by atoms with E-state index in [1.54, 1.807) is 0 Å². The van der Waals surface area contributed by atoms with E-state index >= 15 is 0 Å². The first-order valence-corrected chi connectivity index (χ1v) is 7.19. The SMILES string of the molecule is Cl.O=C1CCc2cc(NC(=O)[C@@H]3CCCCN3)ccc2N1. The van der Waals surface area contributed by atoms with Gasteiger partial charge in [0.2, 0.25) is 11.8 Å². The van der Waals surface area contributed by atoms with E-state index in [1.807, 2.05) is 18.2 Å². The Morgan fingerprint density at radius 2 is 2.10 bits per heavy atom. The number of halogens is 1. The molecule has 6 heteroatoms. The summed E-state index contributed by atoms with van der Waals surface area (Å²) < 4.78 is 0. The zero-order chi connectivity index (χ0) is 13.9. The molecule has 2 aliphatic rings. The van der Waals surface area contributed by atoms with Crippen LogP contribution in [0.1, 0.15) is 31.2 Å². The van der Waals surface area contributed by atoms with Crippen LogP contribution in [0.2, 0.25) is 0 Å². The van der Waals surface area contributed by atoms with E-state index in [2.05, 4.69) is 16.0 Å². The summed E-state index contributed by atoms with van der Waals surface area (Å²) in [4.78, 5) is 23.5. The molecule has 1 aromatic rings. The number of amides is 2. The summed E-state index contributed by atoms with van der Waals surface area (Å²) in [5, 5.41) is 9.04. The number of hydrogen-bond acceptors (Lipinski definition) is 3. The van der Waals surface area contributed by atoms with Crippen LogP contribution >= 0.6 is 12.4 Å². The van der Waals surface area contributed by atoms with Crippen molar-refractivity contribution >= 4 is 35.6 Å². The van der Waals surface area contributed by atoms with Crippen molar-refractivity contribution in [1.29, 1.82) is 0 Å². The molecule has 3 N–H and O–H groups in total. The number of aryl methyl sites for hydroxylation is 1. The van der Waals surface area contributed by atoms with Crippen LogP contribution < -0.4 is 16.0 Å². The van der Waals surface area contributed by atoms with Gasteiger partial charge in [0.05, 0.1) is 6.04 Å². The molecule has 3 rings (SSSR count). The normalized spacial score (nSPS) is 20.8. The van der Waals surface area contributed by atoms with Gasteiger partial charge in [-0.05, 0) is 49.6 Å². The fourth-order valence-electron chi connectivity index (χ4n) is 2.77. The van der Waals surface area contributed by atoms with E-state index in [4.69, 9.17) is 0 Å². The number of hydrogen-bond donors (Lipinski definition) is 3. The molecular formula is C15H20ClN3O2. The maximum atomic E-state index is 12.1. The fourth-order valence-corrected chi connectivity index (χ4v) is 2.77. The van der Waals surface area contributed by atoms with Crippen LogP contribution in [0.3, 0.4) is 0 Å². The lowest BCUT2D eigenvalue weighted by Gasteiger charge is -2.23. The van der Waals surface area contributed by atoms with E-state index < -0.39 is 0 Å². The van der Waals surface area contributed by atoms with Gasteiger partial charge in [0, 0.05) is 17.8 Å². The van der Waals surface area contributed by atoms with Gasteiger partial charge in [-0.2, -0.15) is 0 Å². The monoisotopic (exact) mass is 309 g/mol. The molecule has 1 atom stereocenters. The minimum atomic E-state index is -0.0838. The zero-order valence-corrected chi connectivity index (χ0v) is 12.6. The lowest BCUT2D eigenvalue weighted by atomic mass is 10.0. The Morgan fingerprint density at radius 3 is 2.86 bits per heavy atom. The summed E-state index contributed by atoms with van der Waals surface area (Å²) >= 11 is 0. The van der Waals surface area contributed by atoms with Gasteiger partial charge in [0.25, 0.3) is 0 Å². The lowest BCUT2D eigenvalue weighted by Crippen LogP contribution is -2.43. The van der Waals surface area contributed by atoms with Crippen molar-refractivity contribution in [3.8, 4) is 0 Å². The number of nitrogens with one attached hydrogen (secondary N) is 3. The van der Waals surface area contributed by atoms with Crippen LogP contribution in [-0.2, 0) is 16.0 Å². The van der Waals surface area contributed by atoms with E-state index in [0.29, 0.717) is 6.42 Å². The van der Waals surface area contributed by atoms with Crippen molar-refractivity contribution in [2.24, 2.45) is 0 Å². The molecule has 0 bridgehead atoms. The average Bonchev–Trinajstić information content (AvgIpc) is 2.48. The van der Waals surface area contributed by atoms with Crippen LogP contribution in [0.15, 0.2) is 18.2 Å². The van der Waals surface area contributed by atoms with Gasteiger partial charge in [-0.15, -0.1) is 12.4 Å². The highest BCUT2D eigenvalue weighted by Gasteiger charge is 2.21. The molecule has 0 saturated carbocycles. The second-order valence-electron chi connectivity index (χ2n) is 5.41. The summed E-state index contributed by atoms with van der Waals surface area (Å²) in [5.41, 5.74) is 2.74. The third-order valence-electron chi connectivity index (χ3n) is 3.90. The Morgan fingerprint density at radius 1 is 1.24 bits per heavy atom. The molecule has 2 amide bonds. The van der Waals surface area contributed by atoms with Crippen molar-refractivity contribution in [3.63, 3.8) is 0 Å². The van der Waals surface area contributed by atoms with Crippen molar-refractivity contribution in [1.82, 2.24) is 5.32 Å². The highest BCUT2D eigenvalue weighted by molar-refractivity contribution is 5.97. The van der Waals surface area contributed by atoms with Gasteiger partial charge in [0.15, 0.2) is 0 Å². The van der Waals surface area contributed by atoms with Crippen molar-refractivity contribution in [2.45, 2.75) is 38.1 Å². The molecule has 1 saturated heterocycles. The topological polar surface area (TPSA) is 70.2 Å². The zero-order valence-electron chi connectivity index (χ0n) is 11.8. The number of carbonyl (C=O) groups is 2. The molecule has 1 aromatic carbocycles. The van der Waals surface area contributed by atoms with Crippen LogP contribution in [0.4, 0.5) is 11.4 Å². The Bertz CT molecular complexity index is 542. The second-order valence-corrected chi connectivity index (χ2v) is 5.41. The van der Waals surface area contributed by atoms with Gasteiger partial charge < -0.3 is 16.0 Å². The fraction of sp³-hybridized carbons (Fsp3) is 0.467. The average molecular weight is 310 g/mol. The maximum absolute atomic E-state index is 12.1. The van der Waals surface area contributed by atoms with Crippen LogP contribution in [0.25, 0.3) is 0 Å². The third-order valence-corrected chi connectivity index (χ3v) is 3.90. The molecule has 5 nitrogen and oxygen atoms in total. The smallest absolute Gasteiger partial charge is 0.241 e. The van der Waals surface area contributed by atoms with Crippen molar-refractivity contribution in [2.75, 3.05) is 17.2 Å². The Balaban J connectivity index is 0.00000161. The first-order chi connectivity index (χ1) is 9.72. The van der Waals surface area contributed by atoms with Gasteiger partial charge in [-0.3, -0.25) is 9.59 Å². The van der Waals surface area contributed by atoms with Crippen LogP contribution in [0.5, 0.6) is 0 Å². The quantitative estimate of drug-likeness (QED) is 0.783. The number of anilines is 2. The van der Waals surface area contributed by atoms with E-state index in [1.165, 1.54) is 0 Å². The summed E-state index contributed by atoms with van der Waals surface area (Å²) in [6.07, 6.45) is 4.37. The highest BCUT2D eigenvalue weighted by Crippen LogP contribution is 2.25. The summed E-state index contributed by atoms with van der Waals surface area (Å²) in [7, 11) is 0. The molecule has 0 radical (unpaired) electrons. The lowest BCUT2D eigenvalue weighted by molar-refractivity contribution is -0.118. The molecule has 2 aliphatic heterocycles. The molecule has 0 unspecified atom stereocenters. The first kappa shape index (κ1) is 15.8. The summed E-state index contributed by atoms with van der Waals surface area (Å²) in [6.45, 7) is 0.911. The number of fused-ring (bicyclic) bond motifs is 1. The first-order valence-electron chi connectivity index (χ1n) is 7.19. The predicted octanol–water partition coefficient (Wildman–Crippen LogP) is 2.07. The Kier molecular flexibility index (Phi) is 5.20.